The van der Waals surface area contributed by atoms with Crippen molar-refractivity contribution in [3.63, 3.8) is 0 Å². The maximum Gasteiger partial charge on any atom is 0.347 e. The zero-order chi connectivity index (χ0) is 18.1. The molecule has 0 spiro atoms. The highest BCUT2D eigenvalue weighted by atomic mass is 32.1. The van der Waals surface area contributed by atoms with Crippen LogP contribution in [0.15, 0.2) is 18.3 Å². The molecule has 2 rings (SSSR count). The zero-order valence-corrected chi connectivity index (χ0v) is 14.4. The Morgan fingerprint density at radius 2 is 2.00 bits per heavy atom. The summed E-state index contributed by atoms with van der Waals surface area (Å²) in [6.07, 6.45) is 1.58. The van der Waals surface area contributed by atoms with Crippen molar-refractivity contribution >= 4 is 23.3 Å². The molecule has 1 aromatic heterocycles. The molecule has 0 aliphatic heterocycles. The lowest BCUT2D eigenvalue weighted by atomic mass is 10.1. The van der Waals surface area contributed by atoms with E-state index in [0.717, 1.165) is 18.1 Å². The third-order valence-electron chi connectivity index (χ3n) is 3.19. The number of hydrogen-bond acceptors (Lipinski definition) is 6. The molecule has 8 heteroatoms. The van der Waals surface area contributed by atoms with E-state index in [1.165, 1.54) is 31.3 Å². The number of aryl methyl sites for hydroxylation is 1. The second-order valence-corrected chi connectivity index (χ2v) is 6.75. The summed E-state index contributed by atoms with van der Waals surface area (Å²) in [7, 11) is 1.13. The number of carboxylic acid groups (broad SMARTS) is 1. The van der Waals surface area contributed by atoms with Crippen molar-refractivity contribution in [3.8, 4) is 16.3 Å². The number of carbonyl (C=O) groups is 2. The minimum atomic E-state index is -1.55. The van der Waals surface area contributed by atoms with Crippen molar-refractivity contribution in [2.45, 2.75) is 26.4 Å². The molecule has 128 valence electrons. The molecule has 0 aliphatic carbocycles. The lowest BCUT2D eigenvalue weighted by molar-refractivity contribution is -0.152. The Kier molecular flexibility index (Phi) is 4.88. The maximum atomic E-state index is 14.7. The fourth-order valence-corrected chi connectivity index (χ4v) is 2.66. The predicted molar refractivity (Wildman–Crippen MR) is 85.9 cm³/mol. The van der Waals surface area contributed by atoms with Crippen LogP contribution in [-0.4, -0.2) is 34.7 Å². The molecule has 1 N–H and O–H groups in total. The monoisotopic (exact) mass is 353 g/mol. The van der Waals surface area contributed by atoms with Crippen LogP contribution < -0.4 is 4.74 Å². The van der Waals surface area contributed by atoms with Gasteiger partial charge in [0.2, 0.25) is 0 Å². The molecule has 1 aromatic carbocycles. The van der Waals surface area contributed by atoms with Crippen LogP contribution in [0.3, 0.4) is 0 Å². The second-order valence-electron chi connectivity index (χ2n) is 5.52. The van der Waals surface area contributed by atoms with E-state index in [-0.39, 0.29) is 16.9 Å². The number of aliphatic carboxylic acids is 1. The number of rotatable bonds is 5. The third-order valence-corrected chi connectivity index (χ3v) is 4.14. The molecule has 0 unspecified atom stereocenters. The van der Waals surface area contributed by atoms with Crippen molar-refractivity contribution in [2.24, 2.45) is 0 Å². The van der Waals surface area contributed by atoms with Gasteiger partial charge in [-0.05, 0) is 32.9 Å². The Balaban J connectivity index is 2.60. The normalized spacial score (nSPS) is 11.2. The number of benzene rings is 1. The van der Waals surface area contributed by atoms with Crippen LogP contribution in [0.2, 0.25) is 0 Å². The standard InChI is InChI=1S/C16H16FNO5S/c1-8-7-18-13(24-8)10-5-9(23-16(2,3)15(20)21)6-11(12(10)17)14(19)22-4/h5-7H,1-4H3,(H,20,21). The summed E-state index contributed by atoms with van der Waals surface area (Å²) in [5.74, 6) is -2.84. The number of carboxylic acids is 1. The van der Waals surface area contributed by atoms with Gasteiger partial charge in [0.15, 0.2) is 5.60 Å². The van der Waals surface area contributed by atoms with E-state index < -0.39 is 23.4 Å². The highest BCUT2D eigenvalue weighted by Crippen LogP contribution is 2.34. The smallest absolute Gasteiger partial charge is 0.347 e. The largest absolute Gasteiger partial charge is 0.478 e. The number of nitrogens with zero attached hydrogens (tertiary/aromatic N) is 1. The van der Waals surface area contributed by atoms with Crippen molar-refractivity contribution in [3.05, 3.63) is 34.6 Å². The first kappa shape index (κ1) is 17.9. The molecule has 0 fully saturated rings. The van der Waals surface area contributed by atoms with Gasteiger partial charge in [-0.1, -0.05) is 0 Å². The van der Waals surface area contributed by atoms with E-state index >= 15 is 0 Å². The minimum Gasteiger partial charge on any atom is -0.478 e. The number of ether oxygens (including phenoxy) is 2. The predicted octanol–water partition coefficient (Wildman–Crippen LogP) is 3.29. The van der Waals surface area contributed by atoms with Gasteiger partial charge in [0, 0.05) is 11.1 Å². The molecule has 6 nitrogen and oxygen atoms in total. The number of carbonyl (C=O) groups excluding carboxylic acids is 1. The molecule has 0 amide bonds. The average Bonchev–Trinajstić information content (AvgIpc) is 2.94. The molecule has 0 radical (unpaired) electrons. The highest BCUT2D eigenvalue weighted by molar-refractivity contribution is 7.14. The van der Waals surface area contributed by atoms with Gasteiger partial charge in [-0.2, -0.15) is 0 Å². The van der Waals surface area contributed by atoms with Gasteiger partial charge in [0.05, 0.1) is 18.2 Å². The number of hydrogen-bond donors (Lipinski definition) is 1. The number of aromatic nitrogens is 1. The van der Waals surface area contributed by atoms with Crippen LogP contribution in [0.4, 0.5) is 4.39 Å². The lowest BCUT2D eigenvalue weighted by Crippen LogP contribution is -2.38. The van der Waals surface area contributed by atoms with Crippen molar-refractivity contribution in [1.82, 2.24) is 4.98 Å². The fraction of sp³-hybridized carbons (Fsp3) is 0.312. The number of esters is 1. The first-order valence-corrected chi connectivity index (χ1v) is 7.74. The molecule has 0 bridgehead atoms. The molecule has 0 saturated heterocycles. The number of thiazole rings is 1. The Bertz CT molecular complexity index is 800. The Morgan fingerprint density at radius 1 is 1.33 bits per heavy atom. The maximum absolute atomic E-state index is 14.7. The summed E-state index contributed by atoms with van der Waals surface area (Å²) in [6, 6.07) is 2.44. The molecular weight excluding hydrogens is 337 g/mol. The second kappa shape index (κ2) is 6.56. The molecule has 1 heterocycles. The summed E-state index contributed by atoms with van der Waals surface area (Å²) in [4.78, 5) is 28.0. The average molecular weight is 353 g/mol. The Morgan fingerprint density at radius 3 is 2.50 bits per heavy atom. The van der Waals surface area contributed by atoms with Gasteiger partial charge in [-0.15, -0.1) is 11.3 Å². The van der Waals surface area contributed by atoms with E-state index in [0.29, 0.717) is 5.01 Å². The van der Waals surface area contributed by atoms with Gasteiger partial charge >= 0.3 is 11.9 Å². The molecular formula is C16H16FNO5S. The first-order valence-electron chi connectivity index (χ1n) is 6.92. The topological polar surface area (TPSA) is 85.7 Å². The third kappa shape index (κ3) is 3.53. The molecule has 0 atom stereocenters. The lowest BCUT2D eigenvalue weighted by Gasteiger charge is -2.22. The van der Waals surface area contributed by atoms with Crippen LogP contribution in [-0.2, 0) is 9.53 Å². The highest BCUT2D eigenvalue weighted by Gasteiger charge is 2.31. The summed E-state index contributed by atoms with van der Waals surface area (Å²) < 4.78 is 24.7. The number of halogens is 1. The van der Waals surface area contributed by atoms with Crippen LogP contribution in [0.5, 0.6) is 5.75 Å². The van der Waals surface area contributed by atoms with Gasteiger partial charge in [-0.25, -0.2) is 19.0 Å². The van der Waals surface area contributed by atoms with E-state index in [1.807, 2.05) is 6.92 Å². The Labute approximate surface area is 141 Å². The quantitative estimate of drug-likeness (QED) is 0.830. The van der Waals surface area contributed by atoms with Crippen LogP contribution in [0.25, 0.3) is 10.6 Å². The molecule has 0 saturated carbocycles. The first-order chi connectivity index (χ1) is 11.2. The summed E-state index contributed by atoms with van der Waals surface area (Å²) in [5, 5.41) is 9.53. The zero-order valence-electron chi connectivity index (χ0n) is 13.5. The van der Waals surface area contributed by atoms with Gasteiger partial charge in [-0.3, -0.25) is 0 Å². The summed E-state index contributed by atoms with van der Waals surface area (Å²) >= 11 is 1.24. The Hall–Kier alpha value is -2.48. The number of methoxy groups -OCH3 is 1. The van der Waals surface area contributed by atoms with Gasteiger partial charge < -0.3 is 14.6 Å². The van der Waals surface area contributed by atoms with Gasteiger partial charge in [0.25, 0.3) is 0 Å². The van der Waals surface area contributed by atoms with Crippen LogP contribution >= 0.6 is 11.3 Å². The summed E-state index contributed by atoms with van der Waals surface area (Å²) in [6.45, 7) is 4.52. The van der Waals surface area contributed by atoms with E-state index in [1.54, 1.807) is 6.20 Å². The van der Waals surface area contributed by atoms with E-state index in [9.17, 15) is 19.1 Å². The van der Waals surface area contributed by atoms with Crippen molar-refractivity contribution in [2.75, 3.05) is 7.11 Å². The van der Waals surface area contributed by atoms with Gasteiger partial charge in [0.1, 0.15) is 16.6 Å². The molecule has 2 aromatic rings. The van der Waals surface area contributed by atoms with Crippen LogP contribution in [0, 0.1) is 12.7 Å². The SMILES string of the molecule is COC(=O)c1cc(OC(C)(C)C(=O)O)cc(-c2ncc(C)s2)c1F. The van der Waals surface area contributed by atoms with E-state index in [4.69, 9.17) is 4.74 Å². The molecule has 0 aliphatic rings. The fourth-order valence-electron chi connectivity index (χ4n) is 1.89. The van der Waals surface area contributed by atoms with Crippen molar-refractivity contribution < 1.29 is 28.6 Å². The minimum absolute atomic E-state index is 0.0343. The van der Waals surface area contributed by atoms with E-state index in [2.05, 4.69) is 9.72 Å². The van der Waals surface area contributed by atoms with Crippen molar-refractivity contribution in [1.29, 1.82) is 0 Å². The summed E-state index contributed by atoms with van der Waals surface area (Å²) in [5.41, 5.74) is -1.85. The molecule has 24 heavy (non-hydrogen) atoms. The van der Waals surface area contributed by atoms with Crippen LogP contribution in [0.1, 0.15) is 29.1 Å².